The molecule has 0 amide bonds. The van der Waals surface area contributed by atoms with Gasteiger partial charge in [-0.15, -0.1) is 17.9 Å². The SMILES string of the molecule is C=CCNc1nc(C(=O)OCC(=O)c2c(N)n(CCC)c(=O)n(C)c2=O)cs1. The van der Waals surface area contributed by atoms with Gasteiger partial charge in [0.2, 0.25) is 5.78 Å². The summed E-state index contributed by atoms with van der Waals surface area (Å²) < 4.78 is 6.91. The zero-order chi connectivity index (χ0) is 20.8. The number of nitrogens with two attached hydrogens (primary N) is 1. The summed E-state index contributed by atoms with van der Waals surface area (Å²) in [5.74, 6) is -1.84. The fourth-order valence-corrected chi connectivity index (χ4v) is 3.06. The van der Waals surface area contributed by atoms with Crippen molar-refractivity contribution in [3.05, 3.63) is 50.1 Å². The van der Waals surface area contributed by atoms with Gasteiger partial charge in [-0.05, 0) is 6.42 Å². The van der Waals surface area contributed by atoms with Gasteiger partial charge >= 0.3 is 11.7 Å². The summed E-state index contributed by atoms with van der Waals surface area (Å²) in [6.07, 6.45) is 2.22. The van der Waals surface area contributed by atoms with E-state index in [0.29, 0.717) is 18.1 Å². The van der Waals surface area contributed by atoms with E-state index in [-0.39, 0.29) is 23.6 Å². The Bertz CT molecular complexity index is 1020. The quantitative estimate of drug-likeness (QED) is 0.351. The number of anilines is 2. The number of carbonyl (C=O) groups excluding carboxylic acids is 2. The van der Waals surface area contributed by atoms with Gasteiger partial charge in [0.1, 0.15) is 11.4 Å². The first-order chi connectivity index (χ1) is 13.3. The van der Waals surface area contributed by atoms with Crippen LogP contribution in [0.5, 0.6) is 0 Å². The fourth-order valence-electron chi connectivity index (χ4n) is 2.37. The molecule has 0 atom stereocenters. The number of hydrogen-bond donors (Lipinski definition) is 2. The molecule has 0 saturated carbocycles. The van der Waals surface area contributed by atoms with E-state index in [4.69, 9.17) is 10.5 Å². The van der Waals surface area contributed by atoms with E-state index in [1.807, 2.05) is 6.92 Å². The summed E-state index contributed by atoms with van der Waals surface area (Å²) >= 11 is 1.20. The predicted octanol–water partition coefficient (Wildman–Crippen LogP) is 0.633. The largest absolute Gasteiger partial charge is 0.453 e. The Hall–Kier alpha value is -3.21. The summed E-state index contributed by atoms with van der Waals surface area (Å²) in [4.78, 5) is 53.0. The monoisotopic (exact) mass is 407 g/mol. The van der Waals surface area contributed by atoms with E-state index in [1.165, 1.54) is 23.8 Å². The smallest absolute Gasteiger partial charge is 0.358 e. The molecule has 10 nitrogen and oxygen atoms in total. The molecule has 28 heavy (non-hydrogen) atoms. The Kier molecular flexibility index (Phi) is 6.88. The van der Waals surface area contributed by atoms with Gasteiger partial charge in [0.05, 0.1) is 0 Å². The highest BCUT2D eigenvalue weighted by Crippen LogP contribution is 2.16. The van der Waals surface area contributed by atoms with Crippen molar-refractivity contribution in [2.45, 2.75) is 19.9 Å². The van der Waals surface area contributed by atoms with Crippen LogP contribution in [0.4, 0.5) is 10.9 Å². The first-order valence-corrected chi connectivity index (χ1v) is 9.29. The molecule has 0 aliphatic rings. The van der Waals surface area contributed by atoms with Gasteiger partial charge in [-0.2, -0.15) is 0 Å². The summed E-state index contributed by atoms with van der Waals surface area (Å²) in [5, 5.41) is 4.91. The molecule has 0 aliphatic carbocycles. The van der Waals surface area contributed by atoms with Gasteiger partial charge in [-0.1, -0.05) is 13.0 Å². The summed E-state index contributed by atoms with van der Waals surface area (Å²) in [6, 6.07) is 0. The van der Waals surface area contributed by atoms with Crippen LogP contribution in [0.2, 0.25) is 0 Å². The fraction of sp³-hybridized carbons (Fsp3) is 0.353. The van der Waals surface area contributed by atoms with Crippen LogP contribution >= 0.6 is 11.3 Å². The van der Waals surface area contributed by atoms with E-state index < -0.39 is 29.6 Å². The number of nitrogen functional groups attached to an aromatic ring is 1. The molecule has 0 spiro atoms. The van der Waals surface area contributed by atoms with Crippen LogP contribution in [0, 0.1) is 0 Å². The molecule has 2 rings (SSSR count). The maximum atomic E-state index is 12.5. The van der Waals surface area contributed by atoms with Crippen molar-refractivity contribution in [2.24, 2.45) is 7.05 Å². The summed E-state index contributed by atoms with van der Waals surface area (Å²) in [7, 11) is 1.26. The van der Waals surface area contributed by atoms with Crippen molar-refractivity contribution in [1.29, 1.82) is 0 Å². The Morgan fingerprint density at radius 1 is 1.43 bits per heavy atom. The number of rotatable bonds is 9. The molecule has 0 unspecified atom stereocenters. The average Bonchev–Trinajstić information content (AvgIpc) is 3.15. The molecule has 0 fully saturated rings. The van der Waals surface area contributed by atoms with E-state index >= 15 is 0 Å². The minimum Gasteiger partial charge on any atom is -0.453 e. The number of carbonyl (C=O) groups is 2. The Balaban J connectivity index is 2.18. The van der Waals surface area contributed by atoms with E-state index in [0.717, 1.165) is 9.13 Å². The summed E-state index contributed by atoms with van der Waals surface area (Å²) in [5.41, 5.74) is 4.07. The maximum absolute atomic E-state index is 12.5. The molecule has 2 heterocycles. The minimum absolute atomic E-state index is 0.0289. The molecular formula is C17H21N5O5S. The lowest BCUT2D eigenvalue weighted by atomic mass is 10.2. The third-order valence-corrected chi connectivity index (χ3v) is 4.55. The van der Waals surface area contributed by atoms with Gasteiger partial charge in [-0.25, -0.2) is 14.6 Å². The number of thiazole rings is 1. The number of ether oxygens (including phenoxy) is 1. The van der Waals surface area contributed by atoms with Crippen LogP contribution < -0.4 is 22.3 Å². The van der Waals surface area contributed by atoms with Crippen molar-refractivity contribution in [2.75, 3.05) is 24.2 Å². The van der Waals surface area contributed by atoms with Gasteiger partial charge in [-0.3, -0.25) is 18.7 Å². The zero-order valence-electron chi connectivity index (χ0n) is 15.6. The highest BCUT2D eigenvalue weighted by atomic mass is 32.1. The van der Waals surface area contributed by atoms with Crippen molar-refractivity contribution < 1.29 is 14.3 Å². The number of aromatic nitrogens is 3. The van der Waals surface area contributed by atoms with Crippen LogP contribution in [0.1, 0.15) is 34.2 Å². The molecule has 0 saturated heterocycles. The number of nitrogens with zero attached hydrogens (tertiary/aromatic N) is 3. The highest BCUT2D eigenvalue weighted by Gasteiger charge is 2.23. The standard InChI is InChI=1S/C17H21N5O5S/c1-4-6-19-16-20-10(9-28-16)15(25)27-8-11(23)12-13(18)22(7-5-2)17(26)21(3)14(12)24/h4,9H,1,5-8,18H2,2-3H3,(H,19,20). The van der Waals surface area contributed by atoms with E-state index in [2.05, 4.69) is 16.9 Å². The van der Waals surface area contributed by atoms with Crippen molar-refractivity contribution in [1.82, 2.24) is 14.1 Å². The van der Waals surface area contributed by atoms with Crippen LogP contribution in [0.3, 0.4) is 0 Å². The van der Waals surface area contributed by atoms with Crippen LogP contribution in [0.25, 0.3) is 0 Å². The molecular weight excluding hydrogens is 386 g/mol. The van der Waals surface area contributed by atoms with Gasteiger partial charge < -0.3 is 15.8 Å². The lowest BCUT2D eigenvalue weighted by Crippen LogP contribution is -2.43. The van der Waals surface area contributed by atoms with Crippen LogP contribution in [0.15, 0.2) is 27.6 Å². The van der Waals surface area contributed by atoms with Crippen molar-refractivity contribution in [3.63, 3.8) is 0 Å². The molecule has 3 N–H and O–H groups in total. The van der Waals surface area contributed by atoms with Crippen LogP contribution in [-0.2, 0) is 18.3 Å². The lowest BCUT2D eigenvalue weighted by molar-refractivity contribution is 0.0469. The van der Waals surface area contributed by atoms with Gasteiger partial charge in [0.15, 0.2) is 17.4 Å². The molecule has 150 valence electrons. The second-order valence-corrected chi connectivity index (χ2v) is 6.62. The predicted molar refractivity (Wildman–Crippen MR) is 106 cm³/mol. The zero-order valence-corrected chi connectivity index (χ0v) is 16.4. The van der Waals surface area contributed by atoms with Crippen molar-refractivity contribution in [3.8, 4) is 0 Å². The number of hydrogen-bond acceptors (Lipinski definition) is 9. The number of Topliss-reactive ketones (excluding diaryl/α,β-unsaturated/α-hetero) is 1. The molecule has 2 aromatic heterocycles. The topological polar surface area (TPSA) is 138 Å². The first-order valence-electron chi connectivity index (χ1n) is 8.41. The van der Waals surface area contributed by atoms with E-state index in [9.17, 15) is 19.2 Å². The van der Waals surface area contributed by atoms with Crippen molar-refractivity contribution >= 4 is 34.0 Å². The molecule has 0 bridgehead atoms. The first kappa shape index (κ1) is 21.1. The molecule has 11 heteroatoms. The third kappa shape index (κ3) is 4.36. The lowest BCUT2D eigenvalue weighted by Gasteiger charge is -2.13. The third-order valence-electron chi connectivity index (χ3n) is 3.75. The Morgan fingerprint density at radius 3 is 2.79 bits per heavy atom. The minimum atomic E-state index is -0.833. The second kappa shape index (κ2) is 9.13. The maximum Gasteiger partial charge on any atom is 0.358 e. The highest BCUT2D eigenvalue weighted by molar-refractivity contribution is 7.13. The molecule has 2 aromatic rings. The second-order valence-electron chi connectivity index (χ2n) is 5.77. The number of nitrogens with one attached hydrogen (secondary N) is 1. The van der Waals surface area contributed by atoms with Gasteiger partial charge in [0.25, 0.3) is 5.56 Å². The number of ketones is 1. The van der Waals surface area contributed by atoms with E-state index in [1.54, 1.807) is 6.08 Å². The molecule has 0 radical (unpaired) electrons. The van der Waals surface area contributed by atoms with Crippen LogP contribution in [-0.4, -0.2) is 39.0 Å². The normalized spacial score (nSPS) is 10.5. The Morgan fingerprint density at radius 2 is 2.14 bits per heavy atom. The molecule has 0 aromatic carbocycles. The average molecular weight is 407 g/mol. The molecule has 0 aliphatic heterocycles. The Labute approximate surface area is 164 Å². The number of esters is 1. The summed E-state index contributed by atoms with van der Waals surface area (Å²) in [6.45, 7) is 5.42. The van der Waals surface area contributed by atoms with Gasteiger partial charge in [0, 0.05) is 25.5 Å².